The second-order valence-corrected chi connectivity index (χ2v) is 15.7. The van der Waals surface area contributed by atoms with Gasteiger partial charge in [0.15, 0.2) is 6.29 Å². The zero-order chi connectivity index (χ0) is 38.2. The minimum Gasteiger partial charge on any atom is -0.392 e. The Morgan fingerprint density at radius 1 is 0.818 bits per heavy atom. The van der Waals surface area contributed by atoms with Gasteiger partial charge in [-0.2, -0.15) is 4.72 Å². The van der Waals surface area contributed by atoms with Crippen LogP contribution in [0, 0.1) is 6.92 Å². The van der Waals surface area contributed by atoms with Crippen LogP contribution in [0.5, 0.6) is 0 Å². The van der Waals surface area contributed by atoms with Crippen LogP contribution in [0.1, 0.15) is 46.6 Å². The Labute approximate surface area is 322 Å². The number of benzene rings is 4. The van der Waals surface area contributed by atoms with Gasteiger partial charge in [-0.15, -0.1) is 0 Å². The Balaban J connectivity index is 1.04. The molecule has 0 bridgehead atoms. The first kappa shape index (κ1) is 38.3. The Morgan fingerprint density at radius 2 is 1.49 bits per heavy atom. The van der Waals surface area contributed by atoms with Crippen LogP contribution < -0.4 is 14.9 Å². The summed E-state index contributed by atoms with van der Waals surface area (Å²) >= 11 is 0. The van der Waals surface area contributed by atoms with Gasteiger partial charge < -0.3 is 24.8 Å². The Morgan fingerprint density at radius 3 is 2.16 bits per heavy atom. The zero-order valence-corrected chi connectivity index (χ0v) is 31.5. The lowest BCUT2D eigenvalue weighted by Crippen LogP contribution is -2.50. The summed E-state index contributed by atoms with van der Waals surface area (Å²) in [4.78, 5) is 27.2. The highest BCUT2D eigenvalue weighted by molar-refractivity contribution is 7.89. The number of aryl methyl sites for hydroxylation is 1. The number of carbonyl (C=O) groups excluding carboxylic acids is 1. The molecule has 3 heterocycles. The predicted molar refractivity (Wildman–Crippen MR) is 210 cm³/mol. The van der Waals surface area contributed by atoms with E-state index in [9.17, 15) is 18.3 Å². The number of hydrogen-bond donors (Lipinski definition) is 3. The SMILES string of the molecule is Cc1ccc(S(=O)(=O)N[C@H](Cc2ccccc2)C(=O)Nc2ccc([C@H]3O[C@@H](CN4CCN(c5ncccn5)CC4)C[C@@H](c4ccc(CO)cc4)O3)cc2)cc1. The van der Waals surface area contributed by atoms with Crippen molar-refractivity contribution in [1.29, 1.82) is 0 Å². The molecule has 4 atom stereocenters. The van der Waals surface area contributed by atoms with Gasteiger partial charge in [0, 0.05) is 62.8 Å². The van der Waals surface area contributed by atoms with Gasteiger partial charge in [0.05, 0.1) is 23.7 Å². The van der Waals surface area contributed by atoms with Crippen LogP contribution in [0.4, 0.5) is 11.6 Å². The molecule has 55 heavy (non-hydrogen) atoms. The van der Waals surface area contributed by atoms with Gasteiger partial charge in [0.1, 0.15) is 6.04 Å². The van der Waals surface area contributed by atoms with Crippen LogP contribution in [0.3, 0.4) is 0 Å². The highest BCUT2D eigenvalue weighted by Crippen LogP contribution is 2.38. The fourth-order valence-corrected chi connectivity index (χ4v) is 8.06. The molecule has 0 aliphatic carbocycles. The fraction of sp³-hybridized carbons (Fsp3) is 0.310. The maximum absolute atomic E-state index is 13.7. The molecule has 1 amide bonds. The first-order valence-corrected chi connectivity index (χ1v) is 20.0. The van der Waals surface area contributed by atoms with Gasteiger partial charge >= 0.3 is 0 Å². The van der Waals surface area contributed by atoms with Crippen molar-refractivity contribution in [3.63, 3.8) is 0 Å². The molecule has 2 saturated heterocycles. The van der Waals surface area contributed by atoms with E-state index in [1.165, 1.54) is 12.1 Å². The molecule has 4 aromatic carbocycles. The van der Waals surface area contributed by atoms with Gasteiger partial charge in [0.2, 0.25) is 21.9 Å². The largest absolute Gasteiger partial charge is 0.392 e. The van der Waals surface area contributed by atoms with E-state index in [4.69, 9.17) is 9.47 Å². The third-order valence-corrected chi connectivity index (χ3v) is 11.4. The van der Waals surface area contributed by atoms with E-state index in [1.54, 1.807) is 36.7 Å². The second kappa shape index (κ2) is 17.6. The highest BCUT2D eigenvalue weighted by atomic mass is 32.2. The van der Waals surface area contributed by atoms with Gasteiger partial charge in [-0.1, -0.05) is 84.4 Å². The van der Waals surface area contributed by atoms with E-state index in [-0.39, 0.29) is 30.1 Å². The smallest absolute Gasteiger partial charge is 0.242 e. The molecular weight excluding hydrogens is 717 g/mol. The second-order valence-electron chi connectivity index (χ2n) is 14.0. The predicted octanol–water partition coefficient (Wildman–Crippen LogP) is 5.17. The van der Waals surface area contributed by atoms with Crippen molar-refractivity contribution in [3.8, 4) is 0 Å². The van der Waals surface area contributed by atoms with Crippen LogP contribution in [-0.4, -0.2) is 79.2 Å². The van der Waals surface area contributed by atoms with Crippen molar-refractivity contribution in [1.82, 2.24) is 19.6 Å². The molecule has 286 valence electrons. The van der Waals surface area contributed by atoms with E-state index >= 15 is 0 Å². The van der Waals surface area contributed by atoms with Crippen molar-refractivity contribution in [2.75, 3.05) is 42.9 Å². The average Bonchev–Trinajstić information content (AvgIpc) is 3.22. The van der Waals surface area contributed by atoms with Gasteiger partial charge in [-0.3, -0.25) is 9.69 Å². The number of hydrogen-bond acceptors (Lipinski definition) is 10. The molecule has 0 unspecified atom stereocenters. The normalized spacial score (nSPS) is 19.8. The molecule has 7 rings (SSSR count). The Kier molecular flexibility index (Phi) is 12.3. The van der Waals surface area contributed by atoms with E-state index in [0.29, 0.717) is 12.1 Å². The van der Waals surface area contributed by atoms with E-state index in [1.807, 2.05) is 79.7 Å². The Bertz CT molecular complexity index is 2100. The minimum atomic E-state index is -3.99. The first-order valence-electron chi connectivity index (χ1n) is 18.5. The van der Waals surface area contributed by atoms with Crippen molar-refractivity contribution < 1.29 is 27.8 Å². The lowest BCUT2D eigenvalue weighted by atomic mass is 9.99. The third-order valence-electron chi connectivity index (χ3n) is 9.96. The van der Waals surface area contributed by atoms with Crippen molar-refractivity contribution in [2.45, 2.75) is 55.8 Å². The minimum absolute atomic E-state index is 0.0331. The molecule has 12 nitrogen and oxygen atoms in total. The fourth-order valence-electron chi connectivity index (χ4n) is 6.87. The van der Waals surface area contributed by atoms with Crippen molar-refractivity contribution in [3.05, 3.63) is 149 Å². The summed E-state index contributed by atoms with van der Waals surface area (Å²) in [5.41, 5.74) is 4.87. The molecule has 1 aromatic heterocycles. The molecule has 2 fully saturated rings. The summed E-state index contributed by atoms with van der Waals surface area (Å²) in [5.74, 6) is 0.258. The first-order chi connectivity index (χ1) is 26.7. The highest BCUT2D eigenvalue weighted by Gasteiger charge is 2.34. The number of aliphatic hydroxyl groups excluding tert-OH is 1. The van der Waals surface area contributed by atoms with Crippen LogP contribution in [-0.2, 0) is 37.3 Å². The van der Waals surface area contributed by atoms with Crippen LogP contribution >= 0.6 is 0 Å². The number of nitrogens with one attached hydrogen (secondary N) is 2. The number of sulfonamides is 1. The molecule has 0 saturated carbocycles. The number of anilines is 2. The number of carbonyl (C=O) groups is 1. The topological polar surface area (TPSA) is 146 Å². The summed E-state index contributed by atoms with van der Waals surface area (Å²) in [5, 5.41) is 12.5. The summed E-state index contributed by atoms with van der Waals surface area (Å²) in [6, 6.07) is 31.6. The third kappa shape index (κ3) is 10.00. The number of rotatable bonds is 13. The Hall–Kier alpha value is -5.02. The lowest BCUT2D eigenvalue weighted by molar-refractivity contribution is -0.253. The number of nitrogens with zero attached hydrogens (tertiary/aromatic N) is 4. The quantitative estimate of drug-likeness (QED) is 0.147. The molecule has 0 spiro atoms. The van der Waals surface area contributed by atoms with Crippen molar-refractivity contribution in [2.24, 2.45) is 0 Å². The van der Waals surface area contributed by atoms with Gasteiger partial charge in [-0.25, -0.2) is 18.4 Å². The maximum atomic E-state index is 13.7. The number of amides is 1. The van der Waals surface area contributed by atoms with Crippen LogP contribution in [0.25, 0.3) is 0 Å². The average molecular weight is 763 g/mol. The molecule has 2 aliphatic heterocycles. The summed E-state index contributed by atoms with van der Waals surface area (Å²) in [6.07, 6.45) is 3.31. The number of aromatic nitrogens is 2. The van der Waals surface area contributed by atoms with E-state index < -0.39 is 28.3 Å². The van der Waals surface area contributed by atoms with E-state index in [2.05, 4.69) is 29.8 Å². The molecular formula is C42H46N6O6S. The van der Waals surface area contributed by atoms with Gasteiger partial charge in [0.25, 0.3) is 0 Å². The molecule has 0 radical (unpaired) electrons. The monoisotopic (exact) mass is 762 g/mol. The number of piperazine rings is 1. The van der Waals surface area contributed by atoms with Gasteiger partial charge in [-0.05, 0) is 60.4 Å². The van der Waals surface area contributed by atoms with Crippen LogP contribution in [0.2, 0.25) is 0 Å². The molecule has 3 N–H and O–H groups in total. The number of aliphatic hydroxyl groups is 1. The van der Waals surface area contributed by atoms with E-state index in [0.717, 1.165) is 66.5 Å². The van der Waals surface area contributed by atoms with Crippen molar-refractivity contribution >= 4 is 27.6 Å². The maximum Gasteiger partial charge on any atom is 0.242 e. The lowest BCUT2D eigenvalue weighted by Gasteiger charge is -2.40. The molecule has 5 aromatic rings. The summed E-state index contributed by atoms with van der Waals surface area (Å²) in [7, 11) is -3.99. The number of ether oxygens (including phenoxy) is 2. The zero-order valence-electron chi connectivity index (χ0n) is 30.7. The molecule has 2 aliphatic rings. The summed E-state index contributed by atoms with van der Waals surface area (Å²) in [6.45, 7) is 5.90. The standard InChI is InChI=1S/C42H46N6O6S/c1-30-8-18-37(19-9-30)55(51,52)46-38(26-31-6-3-2-4-7-31)40(50)45-35-16-14-34(15-17-35)41-53-36(27-39(54-41)33-12-10-32(29-49)11-13-33)28-47-22-24-48(25-23-47)42-43-20-5-21-44-42/h2-21,36,38-39,41,46,49H,22-29H2,1H3,(H,45,50)/t36-,38-,39+,41+/m1/s1. The molecule has 13 heteroatoms. The summed E-state index contributed by atoms with van der Waals surface area (Å²) < 4.78 is 42.5. The van der Waals surface area contributed by atoms with Crippen LogP contribution in [0.15, 0.2) is 126 Å².